The zero-order valence-corrected chi connectivity index (χ0v) is 8.28. The van der Waals surface area contributed by atoms with E-state index in [0.29, 0.717) is 10.2 Å². The first-order valence-corrected chi connectivity index (χ1v) is 4.42. The predicted octanol–water partition coefficient (Wildman–Crippen LogP) is 2.60. The summed E-state index contributed by atoms with van der Waals surface area (Å²) in [5.74, 6) is -0.402. The van der Waals surface area contributed by atoms with E-state index in [9.17, 15) is 4.39 Å². The lowest BCUT2D eigenvalue weighted by atomic mass is 10.2. The second-order valence-electron chi connectivity index (χ2n) is 2.38. The number of benzene rings is 1. The molecule has 0 heterocycles. The second-order valence-corrected chi connectivity index (χ2v) is 3.29. The summed E-state index contributed by atoms with van der Waals surface area (Å²) in [7, 11) is 0. The number of nitrogens with one attached hydrogen (secondary N) is 1. The molecule has 0 amide bonds. The molecule has 2 nitrogen and oxygen atoms in total. The Morgan fingerprint density at radius 2 is 2.25 bits per heavy atom. The minimum Gasteiger partial charge on any atom is -0.395 e. The number of halogens is 2. The van der Waals surface area contributed by atoms with Gasteiger partial charge in [0.25, 0.3) is 0 Å². The standard InChI is InChI=1S/C8H10BrFN2/c1-2-12-7-4-5(9)3-6(10)8(7)11/h3-4,12H,2,11H2,1H3. The van der Waals surface area contributed by atoms with Crippen molar-refractivity contribution in [2.45, 2.75) is 6.92 Å². The van der Waals surface area contributed by atoms with Crippen LogP contribution in [-0.2, 0) is 0 Å². The molecule has 4 heteroatoms. The Morgan fingerprint density at radius 3 is 2.83 bits per heavy atom. The van der Waals surface area contributed by atoms with Crippen molar-refractivity contribution in [3.05, 3.63) is 22.4 Å². The van der Waals surface area contributed by atoms with Crippen LogP contribution < -0.4 is 11.1 Å². The lowest BCUT2D eigenvalue weighted by molar-refractivity contribution is 0.632. The third kappa shape index (κ3) is 1.88. The molecule has 1 aromatic rings. The van der Waals surface area contributed by atoms with E-state index in [1.165, 1.54) is 6.07 Å². The molecule has 0 radical (unpaired) electrons. The van der Waals surface area contributed by atoms with Gasteiger partial charge in [0.2, 0.25) is 0 Å². The molecular weight excluding hydrogens is 223 g/mol. The Bertz CT molecular complexity index is 289. The first kappa shape index (κ1) is 9.32. The molecule has 3 N–H and O–H groups in total. The summed E-state index contributed by atoms with van der Waals surface area (Å²) in [4.78, 5) is 0. The van der Waals surface area contributed by atoms with E-state index >= 15 is 0 Å². The fourth-order valence-electron chi connectivity index (χ4n) is 0.921. The van der Waals surface area contributed by atoms with Crippen LogP contribution in [0.15, 0.2) is 16.6 Å². The number of anilines is 2. The maximum atomic E-state index is 13.0. The SMILES string of the molecule is CCNc1cc(Br)cc(F)c1N. The molecule has 66 valence electrons. The van der Waals surface area contributed by atoms with Gasteiger partial charge in [-0.05, 0) is 19.1 Å². The van der Waals surface area contributed by atoms with E-state index in [4.69, 9.17) is 5.73 Å². The van der Waals surface area contributed by atoms with E-state index in [2.05, 4.69) is 21.2 Å². The van der Waals surface area contributed by atoms with Crippen LogP contribution in [0, 0.1) is 5.82 Å². The maximum Gasteiger partial charge on any atom is 0.149 e. The van der Waals surface area contributed by atoms with Crippen LogP contribution in [0.2, 0.25) is 0 Å². The summed E-state index contributed by atoms with van der Waals surface area (Å²) in [6, 6.07) is 3.10. The molecule has 0 spiro atoms. The third-order valence-electron chi connectivity index (χ3n) is 1.46. The Hall–Kier alpha value is -0.770. The van der Waals surface area contributed by atoms with Gasteiger partial charge in [0.15, 0.2) is 0 Å². The van der Waals surface area contributed by atoms with Crippen LogP contribution in [0.3, 0.4) is 0 Å². The third-order valence-corrected chi connectivity index (χ3v) is 1.92. The maximum absolute atomic E-state index is 13.0. The lowest BCUT2D eigenvalue weighted by Crippen LogP contribution is -2.02. The first-order valence-electron chi connectivity index (χ1n) is 3.63. The van der Waals surface area contributed by atoms with Gasteiger partial charge in [-0.1, -0.05) is 15.9 Å². The molecular formula is C8H10BrFN2. The highest BCUT2D eigenvalue weighted by Crippen LogP contribution is 2.26. The Balaban J connectivity index is 3.09. The number of nitrogen functional groups attached to an aromatic ring is 1. The van der Waals surface area contributed by atoms with Crippen LogP contribution >= 0.6 is 15.9 Å². The summed E-state index contributed by atoms with van der Waals surface area (Å²) in [6.45, 7) is 2.65. The molecule has 0 saturated carbocycles. The van der Waals surface area contributed by atoms with Crippen LogP contribution in [0.4, 0.5) is 15.8 Å². The largest absolute Gasteiger partial charge is 0.395 e. The summed E-state index contributed by atoms with van der Waals surface area (Å²) in [6.07, 6.45) is 0. The molecule has 12 heavy (non-hydrogen) atoms. The van der Waals surface area contributed by atoms with Crippen molar-refractivity contribution in [1.82, 2.24) is 0 Å². The van der Waals surface area contributed by atoms with Crippen LogP contribution in [0.25, 0.3) is 0 Å². The molecule has 1 aromatic carbocycles. The highest BCUT2D eigenvalue weighted by atomic mass is 79.9. The van der Waals surface area contributed by atoms with Crippen molar-refractivity contribution in [2.24, 2.45) is 0 Å². The molecule has 0 aliphatic heterocycles. The van der Waals surface area contributed by atoms with E-state index in [-0.39, 0.29) is 5.69 Å². The average Bonchev–Trinajstić information content (AvgIpc) is 2.00. The number of nitrogens with two attached hydrogens (primary N) is 1. The fraction of sp³-hybridized carbons (Fsp3) is 0.250. The number of hydrogen-bond donors (Lipinski definition) is 2. The molecule has 0 aromatic heterocycles. The van der Waals surface area contributed by atoms with E-state index in [1.54, 1.807) is 6.07 Å². The summed E-state index contributed by atoms with van der Waals surface area (Å²) in [5, 5.41) is 2.96. The van der Waals surface area contributed by atoms with E-state index in [1.807, 2.05) is 6.92 Å². The van der Waals surface area contributed by atoms with Crippen molar-refractivity contribution < 1.29 is 4.39 Å². The van der Waals surface area contributed by atoms with Gasteiger partial charge in [-0.2, -0.15) is 0 Å². The predicted molar refractivity (Wildman–Crippen MR) is 52.7 cm³/mol. The Labute approximate surface area is 79.1 Å². The van der Waals surface area contributed by atoms with Gasteiger partial charge in [-0.15, -0.1) is 0 Å². The zero-order valence-electron chi connectivity index (χ0n) is 6.70. The molecule has 0 saturated heterocycles. The van der Waals surface area contributed by atoms with E-state index < -0.39 is 5.82 Å². The lowest BCUT2D eigenvalue weighted by Gasteiger charge is -2.07. The Morgan fingerprint density at radius 1 is 1.58 bits per heavy atom. The number of rotatable bonds is 2. The van der Waals surface area contributed by atoms with Gasteiger partial charge in [-0.3, -0.25) is 0 Å². The van der Waals surface area contributed by atoms with Crippen molar-refractivity contribution >= 4 is 27.3 Å². The monoisotopic (exact) mass is 232 g/mol. The van der Waals surface area contributed by atoms with Gasteiger partial charge in [0.1, 0.15) is 5.82 Å². The Kier molecular flexibility index (Phi) is 2.92. The van der Waals surface area contributed by atoms with Gasteiger partial charge in [0.05, 0.1) is 11.4 Å². The summed E-state index contributed by atoms with van der Waals surface area (Å²) in [5.41, 5.74) is 6.27. The fourth-order valence-corrected chi connectivity index (χ4v) is 1.35. The average molecular weight is 233 g/mol. The minimum atomic E-state index is -0.402. The molecule has 0 fully saturated rings. The highest BCUT2D eigenvalue weighted by molar-refractivity contribution is 9.10. The molecule has 0 aliphatic carbocycles. The van der Waals surface area contributed by atoms with Crippen LogP contribution in [-0.4, -0.2) is 6.54 Å². The van der Waals surface area contributed by atoms with Crippen molar-refractivity contribution in [3.8, 4) is 0 Å². The van der Waals surface area contributed by atoms with Crippen molar-refractivity contribution in [3.63, 3.8) is 0 Å². The molecule has 0 unspecified atom stereocenters. The minimum absolute atomic E-state index is 0.167. The van der Waals surface area contributed by atoms with Gasteiger partial charge < -0.3 is 11.1 Å². The van der Waals surface area contributed by atoms with Crippen molar-refractivity contribution in [2.75, 3.05) is 17.6 Å². The molecule has 1 rings (SSSR count). The normalized spacial score (nSPS) is 9.92. The number of hydrogen-bond acceptors (Lipinski definition) is 2. The second kappa shape index (κ2) is 3.76. The molecule has 0 atom stereocenters. The smallest absolute Gasteiger partial charge is 0.149 e. The quantitative estimate of drug-likeness (QED) is 0.770. The van der Waals surface area contributed by atoms with Gasteiger partial charge >= 0.3 is 0 Å². The van der Waals surface area contributed by atoms with Crippen LogP contribution in [0.1, 0.15) is 6.92 Å². The van der Waals surface area contributed by atoms with Crippen molar-refractivity contribution in [1.29, 1.82) is 0 Å². The van der Waals surface area contributed by atoms with Gasteiger partial charge in [-0.25, -0.2) is 4.39 Å². The summed E-state index contributed by atoms with van der Waals surface area (Å²) >= 11 is 3.18. The van der Waals surface area contributed by atoms with E-state index in [0.717, 1.165) is 6.54 Å². The summed E-state index contributed by atoms with van der Waals surface area (Å²) < 4.78 is 13.7. The highest BCUT2D eigenvalue weighted by Gasteiger charge is 2.05. The molecule has 0 bridgehead atoms. The van der Waals surface area contributed by atoms with Crippen LogP contribution in [0.5, 0.6) is 0 Å². The first-order chi connectivity index (χ1) is 5.65. The van der Waals surface area contributed by atoms with Gasteiger partial charge in [0, 0.05) is 11.0 Å². The zero-order chi connectivity index (χ0) is 9.14. The topological polar surface area (TPSA) is 38.0 Å². The molecule has 0 aliphatic rings.